The number of hydrogen-bond donors (Lipinski definition) is 2. The molecule has 5 nitrogen and oxygen atoms in total. The lowest BCUT2D eigenvalue weighted by Gasteiger charge is -2.31. The van der Waals surface area contributed by atoms with E-state index in [0.29, 0.717) is 12.5 Å². The van der Waals surface area contributed by atoms with Gasteiger partial charge in [0.05, 0.1) is 10.1 Å². The van der Waals surface area contributed by atoms with E-state index in [2.05, 4.69) is 31.2 Å². The first-order valence-corrected chi connectivity index (χ1v) is 7.97. The Bertz CT molecular complexity index is 447. The predicted octanol–water partition coefficient (Wildman–Crippen LogP) is 2.80. The molecule has 0 saturated heterocycles. The molecular formula is C14H23BrN4O. The molecule has 1 aliphatic carbocycles. The summed E-state index contributed by atoms with van der Waals surface area (Å²) in [5.41, 5.74) is -0.610. The molecule has 1 aromatic rings. The van der Waals surface area contributed by atoms with E-state index in [9.17, 15) is 5.11 Å². The predicted molar refractivity (Wildman–Crippen MR) is 85.2 cm³/mol. The number of nitrogens with zero attached hydrogens (tertiary/aromatic N) is 3. The summed E-state index contributed by atoms with van der Waals surface area (Å²) in [4.78, 5) is 10.7. The van der Waals surface area contributed by atoms with Crippen molar-refractivity contribution in [2.75, 3.05) is 30.9 Å². The number of hydrogen-bond acceptors (Lipinski definition) is 5. The monoisotopic (exact) mass is 342 g/mol. The molecule has 1 fully saturated rings. The van der Waals surface area contributed by atoms with Gasteiger partial charge in [0, 0.05) is 26.8 Å². The van der Waals surface area contributed by atoms with Crippen LogP contribution in [0.4, 0.5) is 11.8 Å². The quantitative estimate of drug-likeness (QED) is 0.824. The molecule has 1 aromatic heterocycles. The molecule has 0 amide bonds. The zero-order valence-electron chi connectivity index (χ0n) is 12.2. The zero-order valence-corrected chi connectivity index (χ0v) is 13.8. The van der Waals surface area contributed by atoms with Crippen molar-refractivity contribution in [1.29, 1.82) is 0 Å². The molecule has 0 aromatic carbocycles. The molecule has 112 valence electrons. The van der Waals surface area contributed by atoms with Crippen LogP contribution in [0.25, 0.3) is 0 Å². The Balaban J connectivity index is 2.08. The van der Waals surface area contributed by atoms with E-state index in [4.69, 9.17) is 0 Å². The van der Waals surface area contributed by atoms with E-state index >= 15 is 0 Å². The lowest BCUT2D eigenvalue weighted by Crippen LogP contribution is -2.41. The second-order valence-electron chi connectivity index (χ2n) is 5.61. The van der Waals surface area contributed by atoms with Gasteiger partial charge in [-0.15, -0.1) is 0 Å². The van der Waals surface area contributed by atoms with Gasteiger partial charge in [-0.25, -0.2) is 4.98 Å². The van der Waals surface area contributed by atoms with Gasteiger partial charge in [0.1, 0.15) is 5.82 Å². The molecule has 20 heavy (non-hydrogen) atoms. The average molecular weight is 343 g/mol. The molecule has 0 unspecified atom stereocenters. The molecule has 0 bridgehead atoms. The first-order chi connectivity index (χ1) is 9.54. The zero-order chi connectivity index (χ0) is 14.6. The van der Waals surface area contributed by atoms with Crippen molar-refractivity contribution in [3.63, 3.8) is 0 Å². The van der Waals surface area contributed by atoms with Gasteiger partial charge in [-0.1, -0.05) is 25.7 Å². The number of halogens is 1. The van der Waals surface area contributed by atoms with Crippen molar-refractivity contribution >= 4 is 27.7 Å². The van der Waals surface area contributed by atoms with E-state index in [0.717, 1.165) is 36.0 Å². The number of aromatic nitrogens is 2. The third-order valence-corrected chi connectivity index (χ3v) is 4.46. The highest BCUT2D eigenvalue weighted by atomic mass is 79.9. The molecule has 1 saturated carbocycles. The molecule has 6 heteroatoms. The minimum atomic E-state index is -0.610. The van der Waals surface area contributed by atoms with Crippen LogP contribution in [0.15, 0.2) is 10.7 Å². The number of likely N-dealkylation sites (N-methyl/N-ethyl adjacent to an activating group) is 1. The highest BCUT2D eigenvalue weighted by molar-refractivity contribution is 9.10. The van der Waals surface area contributed by atoms with Crippen molar-refractivity contribution < 1.29 is 5.11 Å². The van der Waals surface area contributed by atoms with E-state index in [1.54, 1.807) is 6.20 Å². The Morgan fingerprint density at radius 2 is 2.00 bits per heavy atom. The average Bonchev–Trinajstić information content (AvgIpc) is 2.64. The van der Waals surface area contributed by atoms with Crippen LogP contribution in [0.3, 0.4) is 0 Å². The van der Waals surface area contributed by atoms with Crippen molar-refractivity contribution in [3.8, 4) is 0 Å². The smallest absolute Gasteiger partial charge is 0.227 e. The van der Waals surface area contributed by atoms with Crippen LogP contribution in [0.1, 0.15) is 38.5 Å². The normalized spacial score (nSPS) is 18.4. The van der Waals surface area contributed by atoms with Crippen molar-refractivity contribution in [1.82, 2.24) is 9.97 Å². The van der Waals surface area contributed by atoms with Crippen molar-refractivity contribution in [2.45, 2.75) is 44.1 Å². The highest BCUT2D eigenvalue weighted by Gasteiger charge is 2.30. The maximum absolute atomic E-state index is 10.7. The van der Waals surface area contributed by atoms with Crippen LogP contribution in [-0.4, -0.2) is 41.3 Å². The number of anilines is 2. The molecule has 2 rings (SSSR count). The minimum Gasteiger partial charge on any atom is -0.388 e. The third-order valence-electron chi connectivity index (χ3n) is 3.88. The highest BCUT2D eigenvalue weighted by Crippen LogP contribution is 2.29. The summed E-state index contributed by atoms with van der Waals surface area (Å²) in [6, 6.07) is 0. The minimum absolute atomic E-state index is 0.581. The lowest BCUT2D eigenvalue weighted by molar-refractivity contribution is 0.0326. The molecule has 1 aliphatic rings. The number of aliphatic hydroxyl groups is 1. The van der Waals surface area contributed by atoms with Crippen LogP contribution in [0.5, 0.6) is 0 Å². The summed E-state index contributed by atoms with van der Waals surface area (Å²) < 4.78 is 0.838. The van der Waals surface area contributed by atoms with Gasteiger partial charge in [0.15, 0.2) is 0 Å². The van der Waals surface area contributed by atoms with E-state index < -0.39 is 5.60 Å². The summed E-state index contributed by atoms with van der Waals surface area (Å²) >= 11 is 3.40. The summed E-state index contributed by atoms with van der Waals surface area (Å²) in [6.45, 7) is 0.581. The lowest BCUT2D eigenvalue weighted by atomic mass is 9.94. The third kappa shape index (κ3) is 3.82. The summed E-state index contributed by atoms with van der Waals surface area (Å²) in [6.07, 6.45) is 8.14. The van der Waals surface area contributed by atoms with E-state index in [1.165, 1.54) is 12.8 Å². The van der Waals surface area contributed by atoms with Crippen LogP contribution < -0.4 is 10.2 Å². The van der Waals surface area contributed by atoms with E-state index in [-0.39, 0.29) is 0 Å². The first kappa shape index (κ1) is 15.5. The number of nitrogens with one attached hydrogen (secondary N) is 1. The summed E-state index contributed by atoms with van der Waals surface area (Å²) in [7, 11) is 3.77. The SMILES string of the molecule is CNc1nc(N(C)CC2(O)CCCCCC2)ncc1Br. The van der Waals surface area contributed by atoms with Gasteiger partial charge in [-0.3, -0.25) is 0 Å². The van der Waals surface area contributed by atoms with E-state index in [1.807, 2.05) is 19.0 Å². The maximum Gasteiger partial charge on any atom is 0.227 e. The Labute approximate surface area is 128 Å². The van der Waals surface area contributed by atoms with Crippen molar-refractivity contribution in [3.05, 3.63) is 10.7 Å². The fourth-order valence-electron chi connectivity index (χ4n) is 2.77. The van der Waals surface area contributed by atoms with Gasteiger partial charge in [0.25, 0.3) is 0 Å². The molecular weight excluding hydrogens is 320 g/mol. The molecule has 0 aliphatic heterocycles. The summed E-state index contributed by atoms with van der Waals surface area (Å²) in [5.74, 6) is 1.39. The van der Waals surface area contributed by atoms with Crippen LogP contribution >= 0.6 is 15.9 Å². The molecule has 1 heterocycles. The molecule has 0 atom stereocenters. The van der Waals surface area contributed by atoms with Gasteiger partial charge < -0.3 is 15.3 Å². The Morgan fingerprint density at radius 3 is 2.60 bits per heavy atom. The molecule has 2 N–H and O–H groups in total. The van der Waals surface area contributed by atoms with Crippen molar-refractivity contribution in [2.24, 2.45) is 0 Å². The second-order valence-corrected chi connectivity index (χ2v) is 6.47. The Morgan fingerprint density at radius 1 is 1.35 bits per heavy atom. The van der Waals surface area contributed by atoms with Crippen LogP contribution in [-0.2, 0) is 0 Å². The summed E-state index contributed by atoms with van der Waals surface area (Å²) in [5, 5.41) is 13.8. The maximum atomic E-state index is 10.7. The van der Waals surface area contributed by atoms with Crippen LogP contribution in [0, 0.1) is 0 Å². The standard InChI is InChI=1S/C14H23BrN4O/c1-16-12-11(15)9-17-13(18-12)19(2)10-14(20)7-5-3-4-6-8-14/h9,20H,3-8,10H2,1-2H3,(H,16,17,18). The van der Waals surface area contributed by atoms with Gasteiger partial charge in [-0.05, 0) is 28.8 Å². The number of rotatable bonds is 4. The van der Waals surface area contributed by atoms with Gasteiger partial charge in [-0.2, -0.15) is 4.98 Å². The second kappa shape index (κ2) is 6.72. The first-order valence-electron chi connectivity index (χ1n) is 7.18. The largest absolute Gasteiger partial charge is 0.388 e. The fourth-order valence-corrected chi connectivity index (χ4v) is 3.16. The molecule has 0 radical (unpaired) electrons. The Kier molecular flexibility index (Phi) is 5.21. The topological polar surface area (TPSA) is 61.3 Å². The fraction of sp³-hybridized carbons (Fsp3) is 0.714. The van der Waals surface area contributed by atoms with Crippen LogP contribution in [0.2, 0.25) is 0 Å². The molecule has 0 spiro atoms. The Hall–Kier alpha value is -0.880. The van der Waals surface area contributed by atoms with Gasteiger partial charge >= 0.3 is 0 Å². The van der Waals surface area contributed by atoms with Gasteiger partial charge in [0.2, 0.25) is 5.95 Å².